The van der Waals surface area contributed by atoms with Crippen molar-refractivity contribution in [2.45, 2.75) is 31.8 Å². The Morgan fingerprint density at radius 1 is 1.21 bits per heavy atom. The first-order valence-electron chi connectivity index (χ1n) is 11.2. The van der Waals surface area contributed by atoms with Gasteiger partial charge < -0.3 is 19.7 Å². The highest BCUT2D eigenvalue weighted by Crippen LogP contribution is 2.49. The standard InChI is InChI=1S/C25H22FN3O4S/c1-13-28-21(23(34-13)14-4-2-5-16(26)8-14)25(31)29-17(9-15-10-19(15)29)11-27-24(30)18-6-3-7-20-22(18)33-12-32-20/h2-8,15,17,19H,9-12H2,1H3,(H,27,30)/t15-,17+,19+/m1/s1. The summed E-state index contributed by atoms with van der Waals surface area (Å²) in [6, 6.07) is 11.5. The van der Waals surface area contributed by atoms with Crippen molar-refractivity contribution in [1.82, 2.24) is 15.2 Å². The number of likely N-dealkylation sites (tertiary alicyclic amines) is 1. The van der Waals surface area contributed by atoms with Crippen LogP contribution in [-0.4, -0.2) is 47.1 Å². The third-order valence-electron chi connectivity index (χ3n) is 6.61. The van der Waals surface area contributed by atoms with E-state index in [-0.39, 0.29) is 36.5 Å². The van der Waals surface area contributed by atoms with Crippen molar-refractivity contribution < 1.29 is 23.5 Å². The Balaban J connectivity index is 1.22. The van der Waals surface area contributed by atoms with Crippen molar-refractivity contribution >= 4 is 23.2 Å². The number of benzene rings is 2. The Hall–Kier alpha value is -3.46. The number of aromatic nitrogens is 1. The lowest BCUT2D eigenvalue weighted by Gasteiger charge is -2.27. The smallest absolute Gasteiger partial charge is 0.274 e. The molecule has 2 aromatic carbocycles. The highest BCUT2D eigenvalue weighted by atomic mass is 32.1. The summed E-state index contributed by atoms with van der Waals surface area (Å²) in [4.78, 5) is 33.6. The number of carbonyl (C=O) groups excluding carboxylic acids is 2. The van der Waals surface area contributed by atoms with Gasteiger partial charge in [0, 0.05) is 12.6 Å². The number of hydrogen-bond donors (Lipinski definition) is 1. The van der Waals surface area contributed by atoms with Gasteiger partial charge in [-0.25, -0.2) is 9.37 Å². The Morgan fingerprint density at radius 2 is 2.06 bits per heavy atom. The van der Waals surface area contributed by atoms with Gasteiger partial charge in [0.1, 0.15) is 11.5 Å². The molecule has 3 aliphatic rings. The van der Waals surface area contributed by atoms with Crippen LogP contribution in [0.4, 0.5) is 4.39 Å². The molecule has 1 aliphatic carbocycles. The first kappa shape index (κ1) is 21.1. The zero-order chi connectivity index (χ0) is 23.4. The predicted octanol–water partition coefficient (Wildman–Crippen LogP) is 4.02. The topological polar surface area (TPSA) is 80.8 Å². The molecule has 7 nitrogen and oxygen atoms in total. The Kier molecular flexibility index (Phi) is 5.02. The summed E-state index contributed by atoms with van der Waals surface area (Å²) in [6.07, 6.45) is 1.80. The van der Waals surface area contributed by atoms with E-state index in [2.05, 4.69) is 10.3 Å². The van der Waals surface area contributed by atoms with Gasteiger partial charge >= 0.3 is 0 Å². The normalized spacial score (nSPS) is 21.9. The zero-order valence-electron chi connectivity index (χ0n) is 18.4. The van der Waals surface area contributed by atoms with Crippen LogP contribution in [-0.2, 0) is 0 Å². The number of thiazole rings is 1. The van der Waals surface area contributed by atoms with Crippen LogP contribution < -0.4 is 14.8 Å². The summed E-state index contributed by atoms with van der Waals surface area (Å²) in [5.41, 5.74) is 1.41. The van der Waals surface area contributed by atoms with Crippen molar-refractivity contribution in [2.75, 3.05) is 13.3 Å². The average Bonchev–Trinajstić information content (AvgIpc) is 3.18. The summed E-state index contributed by atoms with van der Waals surface area (Å²) in [7, 11) is 0. The number of para-hydroxylation sites is 1. The van der Waals surface area contributed by atoms with Gasteiger partial charge in [0.15, 0.2) is 11.5 Å². The van der Waals surface area contributed by atoms with E-state index >= 15 is 0 Å². The van der Waals surface area contributed by atoms with Crippen LogP contribution in [0.25, 0.3) is 10.4 Å². The molecule has 174 valence electrons. The molecule has 3 aromatic rings. The lowest BCUT2D eigenvalue weighted by atomic mass is 10.1. The number of carbonyl (C=O) groups is 2. The highest BCUT2D eigenvalue weighted by molar-refractivity contribution is 7.15. The van der Waals surface area contributed by atoms with Gasteiger partial charge in [-0.05, 0) is 55.5 Å². The lowest BCUT2D eigenvalue weighted by molar-refractivity contribution is 0.0684. The summed E-state index contributed by atoms with van der Waals surface area (Å²) >= 11 is 1.39. The molecule has 1 N–H and O–H groups in total. The van der Waals surface area contributed by atoms with E-state index in [9.17, 15) is 14.0 Å². The maximum absolute atomic E-state index is 13.9. The SMILES string of the molecule is Cc1nc(C(=O)N2[C@H](CNC(=O)c3cccc4c3OCO4)C[C@@H]3C[C@@H]32)c(-c2cccc(F)c2)s1. The molecule has 0 bridgehead atoms. The molecule has 1 saturated carbocycles. The molecular formula is C25H22FN3O4S. The number of nitrogens with one attached hydrogen (secondary N) is 1. The van der Waals surface area contributed by atoms with Crippen molar-refractivity contribution in [1.29, 1.82) is 0 Å². The molecule has 9 heteroatoms. The van der Waals surface area contributed by atoms with Gasteiger partial charge in [0.2, 0.25) is 6.79 Å². The molecule has 1 saturated heterocycles. The van der Waals surface area contributed by atoms with Crippen LogP contribution in [0.1, 0.15) is 38.7 Å². The van der Waals surface area contributed by atoms with Crippen LogP contribution >= 0.6 is 11.3 Å². The number of amides is 2. The number of halogens is 1. The molecule has 2 aliphatic heterocycles. The fraction of sp³-hybridized carbons (Fsp3) is 0.320. The fourth-order valence-electron chi connectivity index (χ4n) is 4.99. The van der Waals surface area contributed by atoms with Gasteiger partial charge in [-0.2, -0.15) is 0 Å². The Bertz CT molecular complexity index is 1310. The number of hydrogen-bond acceptors (Lipinski definition) is 6. The minimum Gasteiger partial charge on any atom is -0.454 e. The number of rotatable bonds is 5. The number of aryl methyl sites for hydroxylation is 1. The van der Waals surface area contributed by atoms with Crippen LogP contribution in [0.2, 0.25) is 0 Å². The molecule has 0 spiro atoms. The van der Waals surface area contributed by atoms with Gasteiger partial charge in [-0.3, -0.25) is 9.59 Å². The lowest BCUT2D eigenvalue weighted by Crippen LogP contribution is -2.45. The van der Waals surface area contributed by atoms with Crippen LogP contribution in [0.5, 0.6) is 11.5 Å². The summed E-state index contributed by atoms with van der Waals surface area (Å²) in [5, 5.41) is 3.72. The second kappa shape index (κ2) is 8.09. The van der Waals surface area contributed by atoms with Gasteiger partial charge in [-0.15, -0.1) is 11.3 Å². The molecule has 2 fully saturated rings. The van der Waals surface area contributed by atoms with Crippen LogP contribution in [0.3, 0.4) is 0 Å². The molecule has 6 rings (SSSR count). The molecule has 3 heterocycles. The van der Waals surface area contributed by atoms with Crippen molar-refractivity contribution in [2.24, 2.45) is 5.92 Å². The van der Waals surface area contributed by atoms with E-state index in [0.717, 1.165) is 17.8 Å². The highest BCUT2D eigenvalue weighted by Gasteiger charge is 2.54. The van der Waals surface area contributed by atoms with E-state index in [1.807, 2.05) is 11.8 Å². The van der Waals surface area contributed by atoms with Crippen LogP contribution in [0.15, 0.2) is 42.5 Å². The van der Waals surface area contributed by atoms with Gasteiger partial charge in [-0.1, -0.05) is 18.2 Å². The van der Waals surface area contributed by atoms with E-state index in [0.29, 0.717) is 45.7 Å². The number of fused-ring (bicyclic) bond motifs is 2. The van der Waals surface area contributed by atoms with Crippen molar-refractivity contribution in [3.8, 4) is 21.9 Å². The first-order chi connectivity index (χ1) is 16.5. The number of nitrogens with zero attached hydrogens (tertiary/aromatic N) is 2. The van der Waals surface area contributed by atoms with Crippen molar-refractivity contribution in [3.05, 3.63) is 64.5 Å². The zero-order valence-corrected chi connectivity index (χ0v) is 19.2. The van der Waals surface area contributed by atoms with Crippen LogP contribution in [0, 0.1) is 18.7 Å². The maximum atomic E-state index is 13.9. The Morgan fingerprint density at radius 3 is 2.91 bits per heavy atom. The fourth-order valence-corrected chi connectivity index (χ4v) is 5.90. The minimum absolute atomic E-state index is 0.0919. The molecule has 0 radical (unpaired) electrons. The Labute approximate surface area is 199 Å². The number of ether oxygens (including phenoxy) is 2. The second-order valence-corrected chi connectivity index (χ2v) is 10.0. The molecule has 1 aromatic heterocycles. The summed E-state index contributed by atoms with van der Waals surface area (Å²) < 4.78 is 24.7. The second-order valence-electron chi connectivity index (χ2n) is 8.84. The quantitative estimate of drug-likeness (QED) is 0.598. The molecule has 0 unspecified atom stereocenters. The first-order valence-corrected chi connectivity index (χ1v) is 12.0. The van der Waals surface area contributed by atoms with E-state index in [1.54, 1.807) is 30.3 Å². The van der Waals surface area contributed by atoms with Gasteiger partial charge in [0.25, 0.3) is 11.8 Å². The molecular weight excluding hydrogens is 457 g/mol. The van der Waals surface area contributed by atoms with E-state index in [1.165, 1.54) is 23.5 Å². The summed E-state index contributed by atoms with van der Waals surface area (Å²) in [6.45, 7) is 2.27. The maximum Gasteiger partial charge on any atom is 0.274 e. The van der Waals surface area contributed by atoms with Gasteiger partial charge in [0.05, 0.1) is 21.5 Å². The minimum atomic E-state index is -0.354. The number of piperidine rings is 1. The third kappa shape index (κ3) is 3.60. The van der Waals surface area contributed by atoms with Crippen molar-refractivity contribution in [3.63, 3.8) is 0 Å². The largest absolute Gasteiger partial charge is 0.454 e. The average molecular weight is 480 g/mol. The third-order valence-corrected chi connectivity index (χ3v) is 7.63. The molecule has 34 heavy (non-hydrogen) atoms. The van der Waals surface area contributed by atoms with E-state index < -0.39 is 0 Å². The summed E-state index contributed by atoms with van der Waals surface area (Å²) in [5.74, 6) is 0.661. The monoisotopic (exact) mass is 479 g/mol. The molecule has 3 atom stereocenters. The van der Waals surface area contributed by atoms with E-state index in [4.69, 9.17) is 9.47 Å². The molecule has 2 amide bonds. The predicted molar refractivity (Wildman–Crippen MR) is 124 cm³/mol.